The van der Waals surface area contributed by atoms with Crippen LogP contribution in [0.3, 0.4) is 0 Å². The summed E-state index contributed by atoms with van der Waals surface area (Å²) >= 11 is 0. The normalized spacial score (nSPS) is 37.1. The third kappa shape index (κ3) is 2.52. The van der Waals surface area contributed by atoms with E-state index < -0.39 is 0 Å². The average molecular weight is 249 g/mol. The standard InChI is InChI=1S/C17H31N/c1-5-6-7-8-9-12-18-15-16(2,3)14-10-11-17(15,4)13-14/h5,14-15,18H,1,6-13H2,2-4H3. The number of nitrogens with one attached hydrogen (secondary N) is 1. The third-order valence-electron chi connectivity index (χ3n) is 5.70. The van der Waals surface area contributed by atoms with Gasteiger partial charge in [-0.3, -0.25) is 0 Å². The smallest absolute Gasteiger partial charge is 0.0175 e. The van der Waals surface area contributed by atoms with Crippen LogP contribution in [-0.4, -0.2) is 12.6 Å². The Morgan fingerprint density at radius 1 is 1.22 bits per heavy atom. The van der Waals surface area contributed by atoms with Crippen LogP contribution in [0.2, 0.25) is 0 Å². The molecule has 1 heteroatoms. The van der Waals surface area contributed by atoms with Gasteiger partial charge < -0.3 is 5.32 Å². The lowest BCUT2D eigenvalue weighted by Crippen LogP contribution is -2.50. The van der Waals surface area contributed by atoms with E-state index in [1.807, 2.05) is 6.08 Å². The molecule has 104 valence electrons. The highest BCUT2D eigenvalue weighted by molar-refractivity contribution is 5.11. The molecule has 0 aromatic heterocycles. The molecule has 0 radical (unpaired) electrons. The molecule has 0 amide bonds. The molecular formula is C17H31N. The van der Waals surface area contributed by atoms with Gasteiger partial charge in [-0.15, -0.1) is 6.58 Å². The van der Waals surface area contributed by atoms with Crippen LogP contribution in [0.1, 0.15) is 65.7 Å². The lowest BCUT2D eigenvalue weighted by atomic mass is 9.68. The monoisotopic (exact) mass is 249 g/mol. The first-order valence-corrected chi connectivity index (χ1v) is 7.85. The predicted molar refractivity (Wildman–Crippen MR) is 79.7 cm³/mol. The van der Waals surface area contributed by atoms with Crippen molar-refractivity contribution in [3.8, 4) is 0 Å². The van der Waals surface area contributed by atoms with E-state index in [0.717, 1.165) is 12.0 Å². The molecule has 2 aliphatic carbocycles. The van der Waals surface area contributed by atoms with Crippen molar-refractivity contribution in [1.82, 2.24) is 5.32 Å². The van der Waals surface area contributed by atoms with E-state index in [-0.39, 0.29) is 0 Å². The number of allylic oxidation sites excluding steroid dienone is 1. The van der Waals surface area contributed by atoms with Gasteiger partial charge in [0.05, 0.1) is 0 Å². The summed E-state index contributed by atoms with van der Waals surface area (Å²) in [6.07, 6.45) is 11.5. The van der Waals surface area contributed by atoms with E-state index >= 15 is 0 Å². The minimum Gasteiger partial charge on any atom is -0.313 e. The second-order valence-electron chi connectivity index (χ2n) is 7.44. The minimum absolute atomic E-state index is 0.508. The molecule has 2 aliphatic rings. The maximum Gasteiger partial charge on any atom is 0.0175 e. The van der Waals surface area contributed by atoms with Crippen LogP contribution in [0.5, 0.6) is 0 Å². The molecule has 0 spiro atoms. The van der Waals surface area contributed by atoms with E-state index in [0.29, 0.717) is 10.8 Å². The Bertz CT molecular complexity index is 289. The Morgan fingerprint density at radius 2 is 2.00 bits per heavy atom. The largest absolute Gasteiger partial charge is 0.313 e. The van der Waals surface area contributed by atoms with Crippen LogP contribution in [-0.2, 0) is 0 Å². The van der Waals surface area contributed by atoms with Gasteiger partial charge in [0, 0.05) is 6.04 Å². The van der Waals surface area contributed by atoms with Crippen LogP contribution in [0.25, 0.3) is 0 Å². The summed E-state index contributed by atoms with van der Waals surface area (Å²) in [4.78, 5) is 0. The molecule has 0 saturated heterocycles. The number of fused-ring (bicyclic) bond motifs is 2. The first kappa shape index (κ1) is 14.1. The first-order valence-electron chi connectivity index (χ1n) is 7.85. The highest BCUT2D eigenvalue weighted by atomic mass is 15.0. The van der Waals surface area contributed by atoms with Crippen molar-refractivity contribution in [2.45, 2.75) is 71.8 Å². The van der Waals surface area contributed by atoms with Crippen molar-refractivity contribution >= 4 is 0 Å². The maximum absolute atomic E-state index is 3.89. The second kappa shape index (κ2) is 5.36. The number of hydrogen-bond acceptors (Lipinski definition) is 1. The van der Waals surface area contributed by atoms with E-state index in [2.05, 4.69) is 32.7 Å². The van der Waals surface area contributed by atoms with Gasteiger partial charge in [0.1, 0.15) is 0 Å². The molecule has 0 heterocycles. The van der Waals surface area contributed by atoms with Crippen molar-refractivity contribution in [3.05, 3.63) is 12.7 Å². The quantitative estimate of drug-likeness (QED) is 0.516. The number of unbranched alkanes of at least 4 members (excludes halogenated alkanes) is 3. The van der Waals surface area contributed by atoms with Gasteiger partial charge in [-0.2, -0.15) is 0 Å². The topological polar surface area (TPSA) is 12.0 Å². The molecular weight excluding hydrogens is 218 g/mol. The maximum atomic E-state index is 3.89. The van der Waals surface area contributed by atoms with Crippen LogP contribution in [0, 0.1) is 16.7 Å². The van der Waals surface area contributed by atoms with Crippen molar-refractivity contribution in [2.75, 3.05) is 6.54 Å². The van der Waals surface area contributed by atoms with Gasteiger partial charge in [-0.05, 0) is 61.8 Å². The molecule has 3 unspecified atom stereocenters. The SMILES string of the molecule is C=CCCCCCNC1C2(C)CCC(C2)C1(C)C. The highest BCUT2D eigenvalue weighted by Gasteiger charge is 2.58. The Labute approximate surface area is 113 Å². The number of hydrogen-bond donors (Lipinski definition) is 1. The fourth-order valence-electron chi connectivity index (χ4n) is 4.65. The van der Waals surface area contributed by atoms with E-state index in [1.165, 1.54) is 51.5 Å². The summed E-state index contributed by atoms with van der Waals surface area (Å²) in [5, 5.41) is 3.89. The number of rotatable bonds is 7. The van der Waals surface area contributed by atoms with Crippen molar-refractivity contribution in [2.24, 2.45) is 16.7 Å². The first-order chi connectivity index (χ1) is 8.50. The highest BCUT2D eigenvalue weighted by Crippen LogP contribution is 2.62. The van der Waals surface area contributed by atoms with E-state index in [1.54, 1.807) is 0 Å². The van der Waals surface area contributed by atoms with E-state index in [9.17, 15) is 0 Å². The molecule has 2 saturated carbocycles. The zero-order valence-electron chi connectivity index (χ0n) is 12.6. The van der Waals surface area contributed by atoms with Gasteiger partial charge in [0.2, 0.25) is 0 Å². The average Bonchev–Trinajstić information content (AvgIpc) is 2.78. The van der Waals surface area contributed by atoms with Gasteiger partial charge in [-0.1, -0.05) is 33.3 Å². The zero-order valence-corrected chi connectivity index (χ0v) is 12.6. The summed E-state index contributed by atoms with van der Waals surface area (Å²) in [5.41, 5.74) is 1.09. The predicted octanol–water partition coefficient (Wildman–Crippen LogP) is 4.54. The molecule has 2 fully saturated rings. The van der Waals surface area contributed by atoms with Gasteiger partial charge in [-0.25, -0.2) is 0 Å². The zero-order chi connectivity index (χ0) is 13.2. The van der Waals surface area contributed by atoms with E-state index in [4.69, 9.17) is 0 Å². The van der Waals surface area contributed by atoms with Gasteiger partial charge in [0.15, 0.2) is 0 Å². The summed E-state index contributed by atoms with van der Waals surface area (Å²) in [5.74, 6) is 0.959. The molecule has 2 bridgehead atoms. The lowest BCUT2D eigenvalue weighted by Gasteiger charge is -2.43. The second-order valence-corrected chi connectivity index (χ2v) is 7.44. The Kier molecular flexibility index (Phi) is 4.21. The van der Waals surface area contributed by atoms with Crippen molar-refractivity contribution in [3.63, 3.8) is 0 Å². The van der Waals surface area contributed by atoms with Gasteiger partial charge >= 0.3 is 0 Å². The molecule has 3 atom stereocenters. The van der Waals surface area contributed by atoms with Crippen LogP contribution in [0.15, 0.2) is 12.7 Å². The summed E-state index contributed by atoms with van der Waals surface area (Å²) in [6, 6.07) is 0.739. The fourth-order valence-corrected chi connectivity index (χ4v) is 4.65. The molecule has 1 N–H and O–H groups in total. The summed E-state index contributed by atoms with van der Waals surface area (Å²) < 4.78 is 0. The van der Waals surface area contributed by atoms with Crippen LogP contribution in [0.4, 0.5) is 0 Å². The molecule has 0 aromatic rings. The lowest BCUT2D eigenvalue weighted by molar-refractivity contribution is 0.109. The molecule has 2 rings (SSSR count). The Balaban J connectivity index is 1.77. The minimum atomic E-state index is 0.508. The van der Waals surface area contributed by atoms with Crippen LogP contribution >= 0.6 is 0 Å². The van der Waals surface area contributed by atoms with Gasteiger partial charge in [0.25, 0.3) is 0 Å². The molecule has 0 aromatic carbocycles. The molecule has 1 nitrogen and oxygen atoms in total. The molecule has 18 heavy (non-hydrogen) atoms. The Hall–Kier alpha value is -0.300. The molecule has 0 aliphatic heterocycles. The fraction of sp³-hybridized carbons (Fsp3) is 0.882. The van der Waals surface area contributed by atoms with Crippen LogP contribution < -0.4 is 5.32 Å². The summed E-state index contributed by atoms with van der Waals surface area (Å²) in [7, 11) is 0. The third-order valence-corrected chi connectivity index (χ3v) is 5.70. The van der Waals surface area contributed by atoms with Crippen molar-refractivity contribution in [1.29, 1.82) is 0 Å². The van der Waals surface area contributed by atoms with Crippen molar-refractivity contribution < 1.29 is 0 Å². The summed E-state index contributed by atoms with van der Waals surface area (Å²) in [6.45, 7) is 12.5. The Morgan fingerprint density at radius 3 is 2.61 bits per heavy atom.